The average Bonchev–Trinajstić information content (AvgIpc) is 2.76. The number of carbonyl (C=O) groups is 2. The van der Waals surface area contributed by atoms with Crippen molar-refractivity contribution in [2.24, 2.45) is 0 Å². The topological polar surface area (TPSA) is 79.3 Å². The van der Waals surface area contributed by atoms with Gasteiger partial charge in [0.2, 0.25) is 0 Å². The number of rotatable bonds is 4. The van der Waals surface area contributed by atoms with Crippen molar-refractivity contribution in [3.63, 3.8) is 0 Å². The van der Waals surface area contributed by atoms with Gasteiger partial charge in [-0.25, -0.2) is 9.78 Å². The summed E-state index contributed by atoms with van der Waals surface area (Å²) in [5.74, 6) is -1.25. The van der Waals surface area contributed by atoms with Crippen LogP contribution in [0.4, 0.5) is 0 Å². The van der Waals surface area contributed by atoms with Crippen LogP contribution < -0.4 is 5.32 Å². The normalized spacial score (nSPS) is 10.4. The number of hydrogen-bond donors (Lipinski definition) is 2. The van der Waals surface area contributed by atoms with Crippen LogP contribution in [0.1, 0.15) is 30.7 Å². The molecule has 21 heavy (non-hydrogen) atoms. The van der Waals surface area contributed by atoms with Crippen LogP contribution in [-0.4, -0.2) is 22.0 Å². The van der Waals surface area contributed by atoms with Gasteiger partial charge in [-0.15, -0.1) is 11.3 Å². The molecule has 2 rings (SSSR count). The summed E-state index contributed by atoms with van der Waals surface area (Å²) in [6, 6.07) is 5.24. The number of benzene rings is 1. The van der Waals surface area contributed by atoms with Crippen molar-refractivity contribution in [2.75, 3.05) is 0 Å². The minimum Gasteiger partial charge on any atom is -0.477 e. The molecule has 0 atom stereocenters. The van der Waals surface area contributed by atoms with Crippen molar-refractivity contribution in [3.05, 3.63) is 48.3 Å². The van der Waals surface area contributed by atoms with Gasteiger partial charge in [-0.1, -0.05) is 31.9 Å². The summed E-state index contributed by atoms with van der Waals surface area (Å²) in [6.45, 7) is 1.83. The maximum absolute atomic E-state index is 12.1. The fraction of sp³-hybridized carbons (Fsp3) is 0.154. The van der Waals surface area contributed by atoms with Crippen LogP contribution in [0.25, 0.3) is 0 Å². The quantitative estimate of drug-likeness (QED) is 0.771. The molecule has 0 aliphatic heterocycles. The second kappa shape index (κ2) is 6.67. The Hall–Kier alpha value is -1.25. The van der Waals surface area contributed by atoms with E-state index in [1.54, 1.807) is 19.1 Å². The molecule has 1 aromatic carbocycles. The average molecular weight is 434 g/mol. The lowest BCUT2D eigenvalue weighted by atomic mass is 10.2. The number of aryl methyl sites for hydroxylation is 1. The van der Waals surface area contributed by atoms with Crippen molar-refractivity contribution in [2.45, 2.75) is 13.5 Å². The molecule has 8 heteroatoms. The number of aromatic nitrogens is 1. The number of amides is 1. The molecule has 110 valence electrons. The SMILES string of the molecule is Cc1nc(CNC(=O)c2cc(Br)cc(Br)c2)sc1C(=O)O. The Kier molecular flexibility index (Phi) is 5.13. The van der Waals surface area contributed by atoms with Crippen molar-refractivity contribution < 1.29 is 14.7 Å². The van der Waals surface area contributed by atoms with Gasteiger partial charge in [0.25, 0.3) is 5.91 Å². The number of aromatic carboxylic acids is 1. The standard InChI is InChI=1S/C13H10Br2N2O3S/c1-6-11(13(19)20)21-10(17-6)5-16-12(18)7-2-8(14)4-9(15)3-7/h2-4H,5H2,1H3,(H,16,18)(H,19,20). The lowest BCUT2D eigenvalue weighted by Crippen LogP contribution is -2.22. The summed E-state index contributed by atoms with van der Waals surface area (Å²) in [5, 5.41) is 12.3. The highest BCUT2D eigenvalue weighted by Gasteiger charge is 2.15. The summed E-state index contributed by atoms with van der Waals surface area (Å²) in [7, 11) is 0. The van der Waals surface area contributed by atoms with Crippen molar-refractivity contribution >= 4 is 55.1 Å². The Morgan fingerprint density at radius 3 is 2.43 bits per heavy atom. The Bertz CT molecular complexity index is 695. The Morgan fingerprint density at radius 1 is 1.29 bits per heavy atom. The highest BCUT2D eigenvalue weighted by atomic mass is 79.9. The van der Waals surface area contributed by atoms with E-state index in [1.165, 1.54) is 0 Å². The molecule has 5 nitrogen and oxygen atoms in total. The van der Waals surface area contributed by atoms with Crippen molar-refractivity contribution in [1.29, 1.82) is 0 Å². The van der Waals surface area contributed by atoms with Crippen LogP contribution in [0.3, 0.4) is 0 Å². The van der Waals surface area contributed by atoms with Crippen LogP contribution in [0.2, 0.25) is 0 Å². The zero-order valence-electron chi connectivity index (χ0n) is 10.8. The predicted octanol–water partition coefficient (Wildman–Crippen LogP) is 3.60. The van der Waals surface area contributed by atoms with Crippen LogP contribution in [0, 0.1) is 6.92 Å². The summed E-state index contributed by atoms with van der Waals surface area (Å²) in [5.41, 5.74) is 0.963. The summed E-state index contributed by atoms with van der Waals surface area (Å²) in [4.78, 5) is 27.3. The molecule has 0 saturated heterocycles. The summed E-state index contributed by atoms with van der Waals surface area (Å²) in [6.07, 6.45) is 0. The molecule has 1 aromatic heterocycles. The largest absolute Gasteiger partial charge is 0.477 e. The van der Waals surface area contributed by atoms with Crippen LogP contribution in [0.15, 0.2) is 27.1 Å². The van der Waals surface area contributed by atoms with Gasteiger partial charge in [-0.2, -0.15) is 0 Å². The molecule has 2 N–H and O–H groups in total. The first-order valence-corrected chi connectivity index (χ1v) is 8.21. The molecule has 0 fully saturated rings. The molecule has 0 saturated carbocycles. The highest BCUT2D eigenvalue weighted by molar-refractivity contribution is 9.11. The van der Waals surface area contributed by atoms with E-state index in [0.717, 1.165) is 20.3 Å². The minimum absolute atomic E-state index is 0.196. The molecule has 0 unspecified atom stereocenters. The van der Waals surface area contributed by atoms with E-state index in [9.17, 15) is 9.59 Å². The zero-order chi connectivity index (χ0) is 15.6. The first-order valence-electron chi connectivity index (χ1n) is 5.80. The molecule has 0 aliphatic carbocycles. The first kappa shape index (κ1) is 16.1. The van der Waals surface area contributed by atoms with Gasteiger partial charge >= 0.3 is 5.97 Å². The zero-order valence-corrected chi connectivity index (χ0v) is 14.8. The van der Waals surface area contributed by atoms with Gasteiger partial charge in [0, 0.05) is 14.5 Å². The smallest absolute Gasteiger partial charge is 0.347 e. The molecule has 1 amide bonds. The van der Waals surface area contributed by atoms with Crippen LogP contribution >= 0.6 is 43.2 Å². The third kappa shape index (κ3) is 4.12. The molecule has 0 spiro atoms. The molecule has 0 bridgehead atoms. The van der Waals surface area contributed by atoms with E-state index in [-0.39, 0.29) is 17.3 Å². The van der Waals surface area contributed by atoms with Gasteiger partial charge in [0.1, 0.15) is 9.88 Å². The second-order valence-corrected chi connectivity index (χ2v) is 7.08. The minimum atomic E-state index is -1.00. The number of carboxylic acids is 1. The predicted molar refractivity (Wildman–Crippen MR) is 86.8 cm³/mol. The Morgan fingerprint density at radius 2 is 1.90 bits per heavy atom. The molecule has 1 heterocycles. The molecule has 0 radical (unpaired) electrons. The van der Waals surface area contributed by atoms with Gasteiger partial charge in [0.05, 0.1) is 12.2 Å². The second-order valence-electron chi connectivity index (χ2n) is 4.17. The molecular formula is C13H10Br2N2O3S. The molecule has 0 aliphatic rings. The lowest BCUT2D eigenvalue weighted by molar-refractivity contribution is 0.0701. The first-order chi connectivity index (χ1) is 9.86. The number of carboxylic acid groups (broad SMARTS) is 1. The van der Waals surface area contributed by atoms with Crippen molar-refractivity contribution in [3.8, 4) is 0 Å². The lowest BCUT2D eigenvalue weighted by Gasteiger charge is -2.04. The van der Waals surface area contributed by atoms with E-state index in [4.69, 9.17) is 5.11 Å². The fourth-order valence-electron chi connectivity index (χ4n) is 1.67. The van der Waals surface area contributed by atoms with Crippen LogP contribution in [-0.2, 0) is 6.54 Å². The monoisotopic (exact) mass is 432 g/mol. The number of thiazole rings is 1. The Labute approximate surface area is 141 Å². The van der Waals surface area contributed by atoms with E-state index in [2.05, 4.69) is 42.2 Å². The van der Waals surface area contributed by atoms with Crippen LogP contribution in [0.5, 0.6) is 0 Å². The maximum atomic E-state index is 12.1. The maximum Gasteiger partial charge on any atom is 0.347 e. The van der Waals surface area contributed by atoms with Crippen molar-refractivity contribution in [1.82, 2.24) is 10.3 Å². The third-order valence-corrected chi connectivity index (χ3v) is 4.62. The number of hydrogen-bond acceptors (Lipinski definition) is 4. The summed E-state index contributed by atoms with van der Waals surface area (Å²) >= 11 is 7.71. The molecule has 2 aromatic rings. The Balaban J connectivity index is 2.07. The van der Waals surface area contributed by atoms with E-state index in [0.29, 0.717) is 16.3 Å². The highest BCUT2D eigenvalue weighted by Crippen LogP contribution is 2.21. The summed E-state index contributed by atoms with van der Waals surface area (Å²) < 4.78 is 1.58. The number of halogens is 2. The van der Waals surface area contributed by atoms with Gasteiger partial charge in [-0.05, 0) is 25.1 Å². The number of carbonyl (C=O) groups excluding carboxylic acids is 1. The number of nitrogens with zero attached hydrogens (tertiary/aromatic N) is 1. The van der Waals surface area contributed by atoms with E-state index < -0.39 is 5.97 Å². The number of nitrogens with one attached hydrogen (secondary N) is 1. The van der Waals surface area contributed by atoms with Gasteiger partial charge in [-0.3, -0.25) is 4.79 Å². The van der Waals surface area contributed by atoms with E-state index in [1.807, 2.05) is 6.07 Å². The molecular weight excluding hydrogens is 424 g/mol. The fourth-order valence-corrected chi connectivity index (χ4v) is 3.81. The van der Waals surface area contributed by atoms with Gasteiger partial charge in [0.15, 0.2) is 0 Å². The van der Waals surface area contributed by atoms with E-state index >= 15 is 0 Å². The third-order valence-electron chi connectivity index (χ3n) is 2.56. The van der Waals surface area contributed by atoms with Gasteiger partial charge < -0.3 is 10.4 Å².